The van der Waals surface area contributed by atoms with Crippen LogP contribution in [0.25, 0.3) is 0 Å². The molecule has 0 radical (unpaired) electrons. The van der Waals surface area contributed by atoms with Crippen LogP contribution in [0.4, 0.5) is 11.5 Å². The lowest BCUT2D eigenvalue weighted by molar-refractivity contribution is 0.102. The fourth-order valence-electron chi connectivity index (χ4n) is 2.95. The van der Waals surface area contributed by atoms with Gasteiger partial charge in [-0.3, -0.25) is 4.79 Å². The molecule has 1 aliphatic heterocycles. The average molecular weight is 324 g/mol. The third-order valence-electron chi connectivity index (χ3n) is 4.85. The van der Waals surface area contributed by atoms with Crippen LogP contribution >= 0.6 is 0 Å². The van der Waals surface area contributed by atoms with Crippen molar-refractivity contribution in [1.29, 1.82) is 0 Å². The van der Waals surface area contributed by atoms with Crippen molar-refractivity contribution in [2.75, 3.05) is 23.3 Å². The molecule has 1 fully saturated rings. The van der Waals surface area contributed by atoms with E-state index in [9.17, 15) is 4.79 Å². The highest BCUT2D eigenvalue weighted by Crippen LogP contribution is 2.22. The molecule has 0 bridgehead atoms. The number of nitrogens with zero attached hydrogens (tertiary/aromatic N) is 3. The minimum Gasteiger partial charge on any atom is -0.356 e. The Morgan fingerprint density at radius 2 is 1.96 bits per heavy atom. The summed E-state index contributed by atoms with van der Waals surface area (Å²) in [5, 5.41) is 2.96. The molecule has 0 atom stereocenters. The lowest BCUT2D eigenvalue weighted by atomic mass is 9.99. The number of carbonyl (C=O) groups is 1. The molecule has 1 N–H and O–H groups in total. The maximum atomic E-state index is 12.5. The second-order valence-electron chi connectivity index (χ2n) is 6.63. The van der Waals surface area contributed by atoms with E-state index in [-0.39, 0.29) is 5.91 Å². The number of aromatic nitrogens is 2. The number of benzene rings is 1. The summed E-state index contributed by atoms with van der Waals surface area (Å²) >= 11 is 0. The molecule has 1 aromatic carbocycles. The minimum atomic E-state index is -0.197. The first-order chi connectivity index (χ1) is 11.5. The van der Waals surface area contributed by atoms with E-state index < -0.39 is 0 Å². The summed E-state index contributed by atoms with van der Waals surface area (Å²) in [4.78, 5) is 23.3. The van der Waals surface area contributed by atoms with Gasteiger partial charge in [0.25, 0.3) is 5.91 Å². The van der Waals surface area contributed by atoms with Gasteiger partial charge in [0.05, 0.1) is 0 Å². The maximum absolute atomic E-state index is 12.5. The molecule has 0 unspecified atom stereocenters. The Bertz CT molecular complexity index is 736. The van der Waals surface area contributed by atoms with Crippen molar-refractivity contribution >= 4 is 17.4 Å². The third-order valence-corrected chi connectivity index (χ3v) is 4.85. The van der Waals surface area contributed by atoms with E-state index in [1.807, 2.05) is 32.0 Å². The molecule has 1 saturated heterocycles. The van der Waals surface area contributed by atoms with E-state index in [0.717, 1.165) is 54.5 Å². The van der Waals surface area contributed by atoms with Crippen LogP contribution in [0, 0.1) is 19.8 Å². The topological polar surface area (TPSA) is 58.1 Å². The molecule has 0 saturated carbocycles. The molecule has 1 aliphatic rings. The maximum Gasteiger partial charge on any atom is 0.274 e. The van der Waals surface area contributed by atoms with E-state index in [1.165, 1.54) is 6.33 Å². The first-order valence-corrected chi connectivity index (χ1v) is 8.49. The number of amides is 1. The van der Waals surface area contributed by atoms with Crippen molar-refractivity contribution in [2.24, 2.45) is 5.92 Å². The van der Waals surface area contributed by atoms with Gasteiger partial charge in [0, 0.05) is 24.8 Å². The zero-order chi connectivity index (χ0) is 17.1. The largest absolute Gasteiger partial charge is 0.356 e. The molecule has 2 aromatic rings. The van der Waals surface area contributed by atoms with Gasteiger partial charge in [-0.2, -0.15) is 0 Å². The first-order valence-electron chi connectivity index (χ1n) is 8.49. The molecule has 5 nitrogen and oxygen atoms in total. The second-order valence-corrected chi connectivity index (χ2v) is 6.63. The summed E-state index contributed by atoms with van der Waals surface area (Å²) in [6.45, 7) is 8.28. The average Bonchev–Trinajstić information content (AvgIpc) is 2.60. The SMILES string of the molecule is Cc1cccc(NC(=O)c2cc(N3CCC(C)CC3)ncn2)c1C. The monoisotopic (exact) mass is 324 g/mol. The minimum absolute atomic E-state index is 0.197. The van der Waals surface area contributed by atoms with Gasteiger partial charge in [0.1, 0.15) is 17.8 Å². The highest BCUT2D eigenvalue weighted by Gasteiger charge is 2.18. The molecule has 1 amide bonds. The van der Waals surface area contributed by atoms with Gasteiger partial charge in [0.15, 0.2) is 0 Å². The van der Waals surface area contributed by atoms with E-state index in [0.29, 0.717) is 5.69 Å². The molecule has 3 rings (SSSR count). The van der Waals surface area contributed by atoms with Gasteiger partial charge in [-0.15, -0.1) is 0 Å². The van der Waals surface area contributed by atoms with Gasteiger partial charge in [-0.1, -0.05) is 19.1 Å². The molecular formula is C19H24N4O. The summed E-state index contributed by atoms with van der Waals surface area (Å²) < 4.78 is 0. The van der Waals surface area contributed by atoms with E-state index in [2.05, 4.69) is 27.1 Å². The fourth-order valence-corrected chi connectivity index (χ4v) is 2.95. The summed E-state index contributed by atoms with van der Waals surface area (Å²) in [6, 6.07) is 7.67. The van der Waals surface area contributed by atoms with E-state index in [4.69, 9.17) is 0 Å². The van der Waals surface area contributed by atoms with Crippen molar-refractivity contribution < 1.29 is 4.79 Å². The zero-order valence-corrected chi connectivity index (χ0v) is 14.5. The van der Waals surface area contributed by atoms with Crippen LogP contribution in [-0.4, -0.2) is 29.0 Å². The lowest BCUT2D eigenvalue weighted by Gasteiger charge is -2.31. The number of rotatable bonds is 3. The molecule has 2 heterocycles. The van der Waals surface area contributed by atoms with Crippen molar-refractivity contribution in [3.63, 3.8) is 0 Å². The predicted molar refractivity (Wildman–Crippen MR) is 96.5 cm³/mol. The highest BCUT2D eigenvalue weighted by atomic mass is 16.1. The van der Waals surface area contributed by atoms with Crippen LogP contribution in [0.3, 0.4) is 0 Å². The van der Waals surface area contributed by atoms with Crippen LogP contribution in [0.15, 0.2) is 30.6 Å². The molecule has 5 heteroatoms. The normalized spacial score (nSPS) is 15.4. The Balaban J connectivity index is 1.76. The Labute approximate surface area is 143 Å². The lowest BCUT2D eigenvalue weighted by Crippen LogP contribution is -2.33. The van der Waals surface area contributed by atoms with Crippen molar-refractivity contribution in [1.82, 2.24) is 9.97 Å². The molecular weight excluding hydrogens is 300 g/mol. The summed E-state index contributed by atoms with van der Waals surface area (Å²) in [7, 11) is 0. The van der Waals surface area contributed by atoms with Crippen LogP contribution in [0.5, 0.6) is 0 Å². The van der Waals surface area contributed by atoms with Crippen molar-refractivity contribution in [2.45, 2.75) is 33.6 Å². The number of hydrogen-bond donors (Lipinski definition) is 1. The van der Waals surface area contributed by atoms with Crippen LogP contribution in [-0.2, 0) is 0 Å². The fraction of sp³-hybridized carbons (Fsp3) is 0.421. The van der Waals surface area contributed by atoms with Gasteiger partial charge in [-0.25, -0.2) is 9.97 Å². The molecule has 24 heavy (non-hydrogen) atoms. The number of aryl methyl sites for hydroxylation is 1. The predicted octanol–water partition coefficient (Wildman–Crippen LogP) is 3.58. The number of piperidine rings is 1. The van der Waals surface area contributed by atoms with Crippen molar-refractivity contribution in [3.8, 4) is 0 Å². The first kappa shape index (κ1) is 16.4. The van der Waals surface area contributed by atoms with Crippen LogP contribution < -0.4 is 10.2 Å². The van der Waals surface area contributed by atoms with Gasteiger partial charge < -0.3 is 10.2 Å². The molecule has 0 aliphatic carbocycles. The number of nitrogens with one attached hydrogen (secondary N) is 1. The standard InChI is InChI=1S/C19H24N4O/c1-13-7-9-23(10-8-13)18-11-17(20-12-21-18)19(24)22-16-6-4-5-14(2)15(16)3/h4-6,11-13H,7-10H2,1-3H3,(H,22,24). The van der Waals surface area contributed by atoms with E-state index >= 15 is 0 Å². The third kappa shape index (κ3) is 3.55. The summed E-state index contributed by atoms with van der Waals surface area (Å²) in [5.41, 5.74) is 3.45. The summed E-state index contributed by atoms with van der Waals surface area (Å²) in [6.07, 6.45) is 3.80. The Hall–Kier alpha value is -2.43. The number of anilines is 2. The molecule has 0 spiro atoms. The Kier molecular flexibility index (Phi) is 4.79. The van der Waals surface area contributed by atoms with Gasteiger partial charge >= 0.3 is 0 Å². The Morgan fingerprint density at radius 3 is 2.71 bits per heavy atom. The summed E-state index contributed by atoms with van der Waals surface area (Å²) in [5.74, 6) is 1.40. The van der Waals surface area contributed by atoms with Crippen molar-refractivity contribution in [3.05, 3.63) is 47.4 Å². The zero-order valence-electron chi connectivity index (χ0n) is 14.5. The molecule has 1 aromatic heterocycles. The molecule has 126 valence electrons. The highest BCUT2D eigenvalue weighted by molar-refractivity contribution is 6.03. The Morgan fingerprint density at radius 1 is 1.21 bits per heavy atom. The van der Waals surface area contributed by atoms with Gasteiger partial charge in [-0.05, 0) is 49.8 Å². The van der Waals surface area contributed by atoms with Gasteiger partial charge in [0.2, 0.25) is 0 Å². The van der Waals surface area contributed by atoms with Crippen LogP contribution in [0.1, 0.15) is 41.4 Å². The second kappa shape index (κ2) is 6.99. The number of carbonyl (C=O) groups excluding carboxylic acids is 1. The van der Waals surface area contributed by atoms with E-state index in [1.54, 1.807) is 6.07 Å². The quantitative estimate of drug-likeness (QED) is 0.937. The number of hydrogen-bond acceptors (Lipinski definition) is 4. The van der Waals surface area contributed by atoms with Crippen LogP contribution in [0.2, 0.25) is 0 Å². The smallest absolute Gasteiger partial charge is 0.274 e.